The summed E-state index contributed by atoms with van der Waals surface area (Å²) in [7, 11) is 0. The van der Waals surface area contributed by atoms with E-state index in [1.54, 1.807) is 0 Å². The van der Waals surface area contributed by atoms with Crippen LogP contribution in [0.5, 0.6) is 0 Å². The Balaban J connectivity index is 1.99. The molecule has 0 aromatic heterocycles. The molecule has 0 spiro atoms. The Kier molecular flexibility index (Phi) is 12.8. The smallest absolute Gasteiger partial charge is 0.408 e. The zero-order valence-corrected chi connectivity index (χ0v) is 18.8. The van der Waals surface area contributed by atoms with Gasteiger partial charge in [-0.3, -0.25) is 0 Å². The molecule has 1 fully saturated rings. The van der Waals surface area contributed by atoms with E-state index in [1.165, 1.54) is 70.6 Å². The van der Waals surface area contributed by atoms with Gasteiger partial charge >= 0.3 is 6.09 Å². The first-order valence-electron chi connectivity index (χ1n) is 11.6. The van der Waals surface area contributed by atoms with Crippen LogP contribution in [0.3, 0.4) is 0 Å². The first-order valence-corrected chi connectivity index (χ1v) is 11.6. The Morgan fingerprint density at radius 3 is 1.96 bits per heavy atom. The number of hydrogen-bond donors (Lipinski definition) is 2. The molecule has 1 aliphatic heterocycles. The third-order valence-electron chi connectivity index (χ3n) is 5.33. The molecule has 0 bridgehead atoms. The van der Waals surface area contributed by atoms with Gasteiger partial charge in [-0.05, 0) is 27.2 Å². The van der Waals surface area contributed by atoms with Crippen LogP contribution < -0.4 is 5.32 Å². The van der Waals surface area contributed by atoms with Crippen molar-refractivity contribution in [3.05, 3.63) is 0 Å². The third-order valence-corrected chi connectivity index (χ3v) is 5.33. The summed E-state index contributed by atoms with van der Waals surface area (Å²) < 4.78 is 10.9. The molecule has 1 saturated heterocycles. The summed E-state index contributed by atoms with van der Waals surface area (Å²) in [6.07, 6.45) is 15.4. The molecular formula is C23H45NO4. The maximum absolute atomic E-state index is 11.8. The van der Waals surface area contributed by atoms with Gasteiger partial charge in [0.1, 0.15) is 11.7 Å². The Hall–Kier alpha value is -0.810. The van der Waals surface area contributed by atoms with Crippen molar-refractivity contribution in [1.29, 1.82) is 0 Å². The Bertz CT molecular complexity index is 408. The van der Waals surface area contributed by atoms with E-state index in [-0.39, 0.29) is 12.1 Å². The fourth-order valence-corrected chi connectivity index (χ4v) is 3.71. The molecule has 0 aromatic rings. The van der Waals surface area contributed by atoms with E-state index >= 15 is 0 Å². The van der Waals surface area contributed by atoms with Gasteiger partial charge in [0, 0.05) is 0 Å². The molecule has 28 heavy (non-hydrogen) atoms. The molecule has 0 saturated carbocycles. The quantitative estimate of drug-likeness (QED) is 0.366. The zero-order chi connectivity index (χ0) is 20.8. The topological polar surface area (TPSA) is 67.8 Å². The monoisotopic (exact) mass is 399 g/mol. The molecule has 0 unspecified atom stereocenters. The molecule has 0 aliphatic carbocycles. The van der Waals surface area contributed by atoms with Gasteiger partial charge in [-0.15, -0.1) is 0 Å². The highest BCUT2D eigenvalue weighted by molar-refractivity contribution is 5.68. The number of amides is 1. The molecule has 5 nitrogen and oxygen atoms in total. The summed E-state index contributed by atoms with van der Waals surface area (Å²) in [5.74, 6) is 0. The fraction of sp³-hybridized carbons (Fsp3) is 0.957. The molecule has 1 amide bonds. The minimum absolute atomic E-state index is 0.178. The van der Waals surface area contributed by atoms with E-state index in [2.05, 4.69) is 12.2 Å². The minimum atomic E-state index is -0.653. The van der Waals surface area contributed by atoms with Crippen LogP contribution in [0.4, 0.5) is 4.79 Å². The van der Waals surface area contributed by atoms with Gasteiger partial charge in [-0.1, -0.05) is 84.0 Å². The number of rotatable bonds is 14. The average Bonchev–Trinajstić information content (AvgIpc) is 2.94. The van der Waals surface area contributed by atoms with Crippen molar-refractivity contribution in [2.45, 2.75) is 135 Å². The standard InChI is InChI=1S/C23H45NO4/c1-5-6-7-8-9-10-11-12-13-14-15-16-17-20-21(25)19(18-27-20)24-22(26)28-23(2,3)4/h19-21,25H,5-18H2,1-4H3,(H,24,26)/t19-,20+,21-/m0/s1. The Labute approximate surface area is 172 Å². The lowest BCUT2D eigenvalue weighted by molar-refractivity contribution is 0.0304. The highest BCUT2D eigenvalue weighted by Gasteiger charge is 2.37. The molecule has 3 atom stereocenters. The number of unbranched alkanes of at least 4 members (excludes halogenated alkanes) is 11. The van der Waals surface area contributed by atoms with Crippen LogP contribution >= 0.6 is 0 Å². The molecule has 166 valence electrons. The summed E-state index contributed by atoms with van der Waals surface area (Å²) in [6.45, 7) is 8.09. The van der Waals surface area contributed by atoms with Crippen molar-refractivity contribution in [1.82, 2.24) is 5.32 Å². The van der Waals surface area contributed by atoms with Crippen LogP contribution in [-0.2, 0) is 9.47 Å². The highest BCUT2D eigenvalue weighted by atomic mass is 16.6. The van der Waals surface area contributed by atoms with E-state index < -0.39 is 17.8 Å². The SMILES string of the molecule is CCCCCCCCCCCCCC[C@H]1OC[C@H](NC(=O)OC(C)(C)C)[C@@H]1O. The van der Waals surface area contributed by atoms with E-state index in [9.17, 15) is 9.90 Å². The van der Waals surface area contributed by atoms with Crippen LogP contribution in [0, 0.1) is 0 Å². The summed E-state index contributed by atoms with van der Waals surface area (Å²) in [6, 6.07) is -0.378. The maximum atomic E-state index is 11.8. The Morgan fingerprint density at radius 2 is 1.46 bits per heavy atom. The predicted octanol–water partition coefficient (Wildman–Crippen LogP) is 5.73. The lowest BCUT2D eigenvalue weighted by Gasteiger charge is -2.23. The van der Waals surface area contributed by atoms with E-state index in [0.29, 0.717) is 6.61 Å². The number of aliphatic hydroxyl groups excluding tert-OH is 1. The first-order chi connectivity index (χ1) is 13.3. The number of carbonyl (C=O) groups is 1. The summed E-state index contributed by atoms with van der Waals surface area (Å²) in [5, 5.41) is 13.1. The molecular weight excluding hydrogens is 354 g/mol. The maximum Gasteiger partial charge on any atom is 0.408 e. The molecule has 0 aromatic carbocycles. The van der Waals surface area contributed by atoms with Gasteiger partial charge in [-0.25, -0.2) is 4.79 Å². The fourth-order valence-electron chi connectivity index (χ4n) is 3.71. The van der Waals surface area contributed by atoms with Crippen molar-refractivity contribution in [3.8, 4) is 0 Å². The molecule has 0 radical (unpaired) electrons. The second-order valence-electron chi connectivity index (χ2n) is 9.29. The van der Waals surface area contributed by atoms with Gasteiger partial charge in [0.15, 0.2) is 0 Å². The predicted molar refractivity (Wildman–Crippen MR) is 115 cm³/mol. The van der Waals surface area contributed by atoms with Crippen molar-refractivity contribution in [2.75, 3.05) is 6.61 Å². The lowest BCUT2D eigenvalue weighted by atomic mass is 10.0. The first kappa shape index (κ1) is 25.2. The van der Waals surface area contributed by atoms with Crippen LogP contribution in [0.1, 0.15) is 111 Å². The van der Waals surface area contributed by atoms with Gasteiger partial charge in [0.05, 0.1) is 18.8 Å². The number of nitrogens with one attached hydrogen (secondary N) is 1. The molecule has 1 heterocycles. The molecule has 1 aliphatic rings. The number of aliphatic hydroxyl groups is 1. The summed E-state index contributed by atoms with van der Waals surface area (Å²) in [5.41, 5.74) is -0.539. The van der Waals surface area contributed by atoms with Crippen molar-refractivity contribution < 1.29 is 19.4 Å². The summed E-state index contributed by atoms with van der Waals surface area (Å²) >= 11 is 0. The normalized spacial score (nSPS) is 22.4. The summed E-state index contributed by atoms with van der Waals surface area (Å²) in [4.78, 5) is 11.8. The minimum Gasteiger partial charge on any atom is -0.444 e. The molecule has 5 heteroatoms. The van der Waals surface area contributed by atoms with Crippen molar-refractivity contribution >= 4 is 6.09 Å². The highest BCUT2D eigenvalue weighted by Crippen LogP contribution is 2.21. The molecule has 2 N–H and O–H groups in total. The Morgan fingerprint density at radius 1 is 0.964 bits per heavy atom. The largest absolute Gasteiger partial charge is 0.444 e. The van der Waals surface area contributed by atoms with E-state index in [1.807, 2.05) is 20.8 Å². The van der Waals surface area contributed by atoms with Gasteiger partial charge in [-0.2, -0.15) is 0 Å². The second kappa shape index (κ2) is 14.2. The van der Waals surface area contributed by atoms with Crippen molar-refractivity contribution in [3.63, 3.8) is 0 Å². The van der Waals surface area contributed by atoms with Gasteiger partial charge < -0.3 is 19.9 Å². The van der Waals surface area contributed by atoms with Crippen LogP contribution in [0.2, 0.25) is 0 Å². The van der Waals surface area contributed by atoms with Crippen molar-refractivity contribution in [2.24, 2.45) is 0 Å². The third kappa shape index (κ3) is 11.9. The van der Waals surface area contributed by atoms with E-state index in [4.69, 9.17) is 9.47 Å². The van der Waals surface area contributed by atoms with Crippen LogP contribution in [0.25, 0.3) is 0 Å². The van der Waals surface area contributed by atoms with Crippen LogP contribution in [-0.4, -0.2) is 41.7 Å². The van der Waals surface area contributed by atoms with Gasteiger partial charge in [0.2, 0.25) is 0 Å². The van der Waals surface area contributed by atoms with Crippen LogP contribution in [0.15, 0.2) is 0 Å². The number of alkyl carbamates (subject to hydrolysis) is 1. The molecule has 1 rings (SSSR count). The number of carbonyl (C=O) groups excluding carboxylic acids is 1. The lowest BCUT2D eigenvalue weighted by Crippen LogP contribution is -2.46. The average molecular weight is 400 g/mol. The van der Waals surface area contributed by atoms with E-state index in [0.717, 1.165) is 12.8 Å². The van der Waals surface area contributed by atoms with Gasteiger partial charge in [0.25, 0.3) is 0 Å². The zero-order valence-electron chi connectivity index (χ0n) is 18.8. The number of ether oxygens (including phenoxy) is 2. The number of hydrogen-bond acceptors (Lipinski definition) is 4. The second-order valence-corrected chi connectivity index (χ2v) is 9.29.